The number of sulfonamides is 1. The molecule has 3 atom stereocenters. The van der Waals surface area contributed by atoms with E-state index in [4.69, 9.17) is 0 Å². The summed E-state index contributed by atoms with van der Waals surface area (Å²) in [4.78, 5) is 12.9. The van der Waals surface area contributed by atoms with Crippen LogP contribution in [0.25, 0.3) is 0 Å². The number of aliphatic hydroxyl groups is 1. The number of nitrogens with zero attached hydrogens (tertiary/aromatic N) is 1. The van der Waals surface area contributed by atoms with Gasteiger partial charge in [0, 0.05) is 25.3 Å². The molecule has 2 rings (SSSR count). The molecular formula is C24H34N2O6S2. The van der Waals surface area contributed by atoms with Gasteiger partial charge in [0.25, 0.3) is 0 Å². The molecule has 188 valence electrons. The van der Waals surface area contributed by atoms with Gasteiger partial charge in [-0.05, 0) is 30.5 Å². The molecule has 0 aliphatic carbocycles. The Hall–Kier alpha value is -2.27. The maximum atomic E-state index is 13.2. The van der Waals surface area contributed by atoms with E-state index in [2.05, 4.69) is 5.32 Å². The van der Waals surface area contributed by atoms with Gasteiger partial charge in [0.05, 0.1) is 22.8 Å². The summed E-state index contributed by atoms with van der Waals surface area (Å²) in [5.74, 6) is -1.66. The Labute approximate surface area is 203 Å². The highest BCUT2D eigenvalue weighted by atomic mass is 32.2. The third-order valence-electron chi connectivity index (χ3n) is 5.34. The summed E-state index contributed by atoms with van der Waals surface area (Å²) in [5, 5.41) is 13.9. The number of hydrogen-bond donors (Lipinski definition) is 2. The van der Waals surface area contributed by atoms with Crippen molar-refractivity contribution in [1.29, 1.82) is 0 Å². The highest BCUT2D eigenvalue weighted by Gasteiger charge is 2.31. The van der Waals surface area contributed by atoms with Gasteiger partial charge >= 0.3 is 0 Å². The Morgan fingerprint density at radius 2 is 1.56 bits per heavy atom. The maximum Gasteiger partial charge on any atom is 0.243 e. The zero-order chi connectivity index (χ0) is 25.4. The van der Waals surface area contributed by atoms with Gasteiger partial charge in [0.1, 0.15) is 9.84 Å². The quantitative estimate of drug-likeness (QED) is 0.424. The molecule has 2 aromatic carbocycles. The van der Waals surface area contributed by atoms with Gasteiger partial charge in [-0.1, -0.05) is 62.4 Å². The minimum absolute atomic E-state index is 0.126. The van der Waals surface area contributed by atoms with E-state index in [1.165, 1.54) is 23.4 Å². The van der Waals surface area contributed by atoms with Crippen molar-refractivity contribution in [2.24, 2.45) is 5.92 Å². The lowest BCUT2D eigenvalue weighted by molar-refractivity contribution is -0.125. The average molecular weight is 511 g/mol. The van der Waals surface area contributed by atoms with Crippen LogP contribution in [0.15, 0.2) is 65.6 Å². The molecule has 0 spiro atoms. The van der Waals surface area contributed by atoms with Gasteiger partial charge in [-0.3, -0.25) is 4.79 Å². The number of rotatable bonds is 13. The van der Waals surface area contributed by atoms with E-state index in [0.717, 1.165) is 11.8 Å². The van der Waals surface area contributed by atoms with Crippen LogP contribution in [0.5, 0.6) is 0 Å². The van der Waals surface area contributed by atoms with Crippen molar-refractivity contribution in [2.75, 3.05) is 25.1 Å². The summed E-state index contributed by atoms with van der Waals surface area (Å²) in [6, 6.07) is 16.4. The van der Waals surface area contributed by atoms with Gasteiger partial charge in [0.15, 0.2) is 0 Å². The largest absolute Gasteiger partial charge is 0.390 e. The standard InChI is InChI=1S/C24H34N2O6S2/c1-4-15-26(34(31,32)21-13-9-6-10-14-21)17-23(27)22(16-20-11-7-5-8-12-20)25-24(28)19(2)18-33(3,29)30/h5-14,19,22-23,27H,4,15-18H2,1-3H3,(H,25,28)/t19-,22+,23-/m1/s1. The van der Waals surface area contributed by atoms with Gasteiger partial charge in [0.2, 0.25) is 15.9 Å². The fourth-order valence-corrected chi connectivity index (χ4v) is 6.27. The summed E-state index contributed by atoms with van der Waals surface area (Å²) >= 11 is 0. The molecule has 10 heteroatoms. The minimum atomic E-state index is -3.85. The highest BCUT2D eigenvalue weighted by molar-refractivity contribution is 7.90. The molecule has 0 radical (unpaired) electrons. The van der Waals surface area contributed by atoms with Gasteiger partial charge in [-0.15, -0.1) is 0 Å². The van der Waals surface area contributed by atoms with Crippen molar-refractivity contribution in [2.45, 2.75) is 43.7 Å². The average Bonchev–Trinajstić information content (AvgIpc) is 2.78. The third-order valence-corrected chi connectivity index (χ3v) is 8.32. The summed E-state index contributed by atoms with van der Waals surface area (Å²) in [6.07, 6.45) is 0.633. The van der Waals surface area contributed by atoms with Crippen molar-refractivity contribution in [1.82, 2.24) is 9.62 Å². The van der Waals surface area contributed by atoms with Crippen LogP contribution in [-0.4, -0.2) is 69.4 Å². The van der Waals surface area contributed by atoms with Crippen LogP contribution < -0.4 is 5.32 Å². The monoisotopic (exact) mass is 510 g/mol. The van der Waals surface area contributed by atoms with Crippen molar-refractivity contribution >= 4 is 25.8 Å². The Morgan fingerprint density at radius 1 is 1.00 bits per heavy atom. The first-order chi connectivity index (χ1) is 15.9. The van der Waals surface area contributed by atoms with Crippen LogP contribution in [0.2, 0.25) is 0 Å². The minimum Gasteiger partial charge on any atom is -0.390 e. The Bertz CT molecular complexity index is 1120. The second-order valence-corrected chi connectivity index (χ2v) is 12.7. The van der Waals surface area contributed by atoms with E-state index in [1.54, 1.807) is 18.2 Å². The van der Waals surface area contributed by atoms with Crippen LogP contribution >= 0.6 is 0 Å². The molecular weight excluding hydrogens is 476 g/mol. The van der Waals surface area contributed by atoms with Crippen LogP contribution in [0.1, 0.15) is 25.8 Å². The van der Waals surface area contributed by atoms with E-state index in [9.17, 15) is 26.7 Å². The molecule has 2 aromatic rings. The molecule has 0 fully saturated rings. The predicted octanol–water partition coefficient (Wildman–Crippen LogP) is 1.86. The van der Waals surface area contributed by atoms with Crippen molar-refractivity contribution < 1.29 is 26.7 Å². The van der Waals surface area contributed by atoms with E-state index in [-0.39, 0.29) is 30.2 Å². The van der Waals surface area contributed by atoms with E-state index in [1.807, 2.05) is 37.3 Å². The molecule has 34 heavy (non-hydrogen) atoms. The molecule has 1 amide bonds. The smallest absolute Gasteiger partial charge is 0.243 e. The molecule has 0 heterocycles. The second kappa shape index (κ2) is 12.4. The summed E-state index contributed by atoms with van der Waals surface area (Å²) < 4.78 is 50.8. The normalized spacial score (nSPS) is 15.0. The number of nitrogens with one attached hydrogen (secondary N) is 1. The third kappa shape index (κ3) is 8.50. The lowest BCUT2D eigenvalue weighted by Crippen LogP contribution is -2.52. The van der Waals surface area contributed by atoms with E-state index >= 15 is 0 Å². The van der Waals surface area contributed by atoms with Crippen LogP contribution in [-0.2, 0) is 31.1 Å². The Morgan fingerprint density at radius 3 is 2.09 bits per heavy atom. The molecule has 8 nitrogen and oxygen atoms in total. The van der Waals surface area contributed by atoms with Gasteiger partial charge in [-0.25, -0.2) is 16.8 Å². The first kappa shape index (κ1) is 28.0. The number of carbonyl (C=O) groups excluding carboxylic acids is 1. The number of sulfone groups is 1. The molecule has 0 unspecified atom stereocenters. The topological polar surface area (TPSA) is 121 Å². The van der Waals surface area contributed by atoms with Crippen LogP contribution in [0.4, 0.5) is 0 Å². The summed E-state index contributed by atoms with van der Waals surface area (Å²) in [7, 11) is -7.22. The van der Waals surface area contributed by atoms with Crippen LogP contribution in [0, 0.1) is 5.92 Å². The number of carbonyl (C=O) groups is 1. The summed E-state index contributed by atoms with van der Waals surface area (Å²) in [6.45, 7) is 3.33. The van der Waals surface area contributed by atoms with Crippen molar-refractivity contribution in [3.05, 3.63) is 66.2 Å². The molecule has 2 N–H and O–H groups in total. The molecule has 0 saturated heterocycles. The molecule has 0 bridgehead atoms. The van der Waals surface area contributed by atoms with Crippen LogP contribution in [0.3, 0.4) is 0 Å². The number of amides is 1. The lowest BCUT2D eigenvalue weighted by Gasteiger charge is -2.30. The van der Waals surface area contributed by atoms with Gasteiger partial charge in [-0.2, -0.15) is 4.31 Å². The lowest BCUT2D eigenvalue weighted by atomic mass is 10.00. The fraction of sp³-hybridized carbons (Fsp3) is 0.458. The predicted molar refractivity (Wildman–Crippen MR) is 132 cm³/mol. The SMILES string of the molecule is CCCN(C[C@@H](O)[C@H](Cc1ccccc1)NC(=O)[C@H](C)CS(C)(=O)=O)S(=O)(=O)c1ccccc1. The molecule has 0 aromatic heterocycles. The molecule has 0 aliphatic heterocycles. The van der Waals surface area contributed by atoms with Gasteiger partial charge < -0.3 is 10.4 Å². The van der Waals surface area contributed by atoms with E-state index in [0.29, 0.717) is 6.42 Å². The highest BCUT2D eigenvalue weighted by Crippen LogP contribution is 2.18. The van der Waals surface area contributed by atoms with Crippen molar-refractivity contribution in [3.63, 3.8) is 0 Å². The van der Waals surface area contributed by atoms with E-state index < -0.39 is 43.8 Å². The first-order valence-electron chi connectivity index (χ1n) is 11.2. The molecule has 0 aliphatic rings. The summed E-state index contributed by atoms with van der Waals surface area (Å²) in [5.41, 5.74) is 0.843. The zero-order valence-corrected chi connectivity index (χ0v) is 21.4. The maximum absolute atomic E-state index is 13.2. The number of benzene rings is 2. The Kier molecular flexibility index (Phi) is 10.2. The number of aliphatic hydroxyl groups excluding tert-OH is 1. The van der Waals surface area contributed by atoms with Crippen molar-refractivity contribution in [3.8, 4) is 0 Å². The first-order valence-corrected chi connectivity index (χ1v) is 14.7. The zero-order valence-electron chi connectivity index (χ0n) is 19.8. The number of hydrogen-bond acceptors (Lipinski definition) is 6. The Balaban J connectivity index is 2.27. The fourth-order valence-electron chi connectivity index (χ4n) is 3.64. The second-order valence-electron chi connectivity index (χ2n) is 8.54. The molecule has 0 saturated carbocycles.